The Balaban J connectivity index is 1.20. The number of para-hydroxylation sites is 1. The molecule has 0 bridgehead atoms. The van der Waals surface area contributed by atoms with Crippen LogP contribution >= 0.6 is 0 Å². The average molecular weight is 690 g/mol. The van der Waals surface area contributed by atoms with Crippen molar-refractivity contribution < 1.29 is 0 Å². The smallest absolute Gasteiger partial charge is 0.0726 e. The molecule has 0 atom stereocenters. The van der Waals surface area contributed by atoms with Gasteiger partial charge in [-0.15, -0.1) is 0 Å². The molecule has 8 aromatic rings. The first-order valence-electron chi connectivity index (χ1n) is 19.1. The Bertz CT molecular complexity index is 2770. The zero-order valence-corrected chi connectivity index (χ0v) is 30.8. The van der Waals surface area contributed by atoms with E-state index in [0.717, 1.165) is 17.1 Å². The summed E-state index contributed by atoms with van der Waals surface area (Å²) in [6.45, 7) is 6.97. The van der Waals surface area contributed by atoms with Crippen LogP contribution in [0.15, 0.2) is 182 Å². The summed E-state index contributed by atoms with van der Waals surface area (Å²) in [7, 11) is 0. The Morgan fingerprint density at radius 3 is 1.28 bits per heavy atom. The fourth-order valence-electron chi connectivity index (χ4n) is 10.3. The minimum absolute atomic E-state index is 0.121. The zero-order valence-electron chi connectivity index (χ0n) is 30.8. The molecule has 1 nitrogen and oxygen atoms in total. The molecule has 11 rings (SSSR count). The van der Waals surface area contributed by atoms with Crippen LogP contribution in [0.1, 0.15) is 52.8 Å². The van der Waals surface area contributed by atoms with E-state index in [0.29, 0.717) is 0 Å². The molecule has 0 heterocycles. The molecule has 0 N–H and O–H groups in total. The van der Waals surface area contributed by atoms with E-state index in [1.54, 1.807) is 0 Å². The van der Waals surface area contributed by atoms with Crippen LogP contribution in [0, 0.1) is 6.92 Å². The van der Waals surface area contributed by atoms with Gasteiger partial charge in [0.2, 0.25) is 0 Å². The number of rotatable bonds is 4. The quantitative estimate of drug-likeness (QED) is 0.178. The maximum absolute atomic E-state index is 2.52. The van der Waals surface area contributed by atoms with Gasteiger partial charge in [0, 0.05) is 22.4 Å². The first kappa shape index (κ1) is 31.1. The normalized spacial score (nSPS) is 14.5. The number of hydrogen-bond acceptors (Lipinski definition) is 1. The number of anilines is 3. The lowest BCUT2D eigenvalue weighted by molar-refractivity contribution is 0.660. The number of nitrogens with zero attached hydrogens (tertiary/aromatic N) is 1. The molecule has 256 valence electrons. The summed E-state index contributed by atoms with van der Waals surface area (Å²) >= 11 is 0. The van der Waals surface area contributed by atoms with E-state index in [-0.39, 0.29) is 5.41 Å². The lowest BCUT2D eigenvalue weighted by atomic mass is 9.70. The lowest BCUT2D eigenvalue weighted by Crippen LogP contribution is -2.26. The van der Waals surface area contributed by atoms with Crippen LogP contribution in [-0.4, -0.2) is 0 Å². The molecule has 0 saturated carbocycles. The van der Waals surface area contributed by atoms with Crippen LogP contribution < -0.4 is 4.90 Å². The van der Waals surface area contributed by atoms with Gasteiger partial charge in [-0.2, -0.15) is 0 Å². The van der Waals surface area contributed by atoms with Gasteiger partial charge in [-0.25, -0.2) is 0 Å². The van der Waals surface area contributed by atoms with E-state index in [4.69, 9.17) is 0 Å². The summed E-state index contributed by atoms with van der Waals surface area (Å²) in [5, 5.41) is 0. The molecular weight excluding hydrogens is 651 g/mol. The van der Waals surface area contributed by atoms with Gasteiger partial charge in [-0.05, 0) is 115 Å². The van der Waals surface area contributed by atoms with Crippen molar-refractivity contribution >= 4 is 17.1 Å². The summed E-state index contributed by atoms with van der Waals surface area (Å²) < 4.78 is 0. The van der Waals surface area contributed by atoms with Crippen molar-refractivity contribution in [3.05, 3.63) is 221 Å². The van der Waals surface area contributed by atoms with Gasteiger partial charge in [0.25, 0.3) is 0 Å². The first-order chi connectivity index (χ1) is 26.5. The third kappa shape index (κ3) is 4.04. The number of hydrogen-bond donors (Lipinski definition) is 0. The summed E-state index contributed by atoms with van der Waals surface area (Å²) in [5.74, 6) is 0. The Morgan fingerprint density at radius 1 is 0.333 bits per heavy atom. The summed E-state index contributed by atoms with van der Waals surface area (Å²) in [6.07, 6.45) is 0. The molecule has 0 aliphatic heterocycles. The van der Waals surface area contributed by atoms with E-state index in [9.17, 15) is 0 Å². The second-order valence-electron chi connectivity index (χ2n) is 15.7. The topological polar surface area (TPSA) is 3.24 Å². The van der Waals surface area contributed by atoms with E-state index < -0.39 is 5.41 Å². The van der Waals surface area contributed by atoms with E-state index in [1.165, 1.54) is 83.5 Å². The highest BCUT2D eigenvalue weighted by Gasteiger charge is 2.51. The van der Waals surface area contributed by atoms with Crippen molar-refractivity contribution in [1.82, 2.24) is 0 Å². The van der Waals surface area contributed by atoms with Crippen LogP contribution in [0.3, 0.4) is 0 Å². The maximum Gasteiger partial charge on any atom is 0.0726 e. The molecule has 3 aliphatic rings. The van der Waals surface area contributed by atoms with Gasteiger partial charge in [0.05, 0.1) is 11.1 Å². The van der Waals surface area contributed by atoms with Gasteiger partial charge in [-0.3, -0.25) is 0 Å². The molecule has 0 aromatic heterocycles. The van der Waals surface area contributed by atoms with Gasteiger partial charge < -0.3 is 4.90 Å². The van der Waals surface area contributed by atoms with Gasteiger partial charge in [0.15, 0.2) is 0 Å². The number of benzene rings is 8. The third-order valence-electron chi connectivity index (χ3n) is 12.6. The fourth-order valence-corrected chi connectivity index (χ4v) is 10.3. The predicted octanol–water partition coefficient (Wildman–Crippen LogP) is 13.8. The van der Waals surface area contributed by atoms with E-state index in [1.807, 2.05) is 0 Å². The average Bonchev–Trinajstić information content (AvgIpc) is 3.77. The minimum Gasteiger partial charge on any atom is -0.310 e. The van der Waals surface area contributed by atoms with Crippen LogP contribution in [-0.2, 0) is 10.8 Å². The third-order valence-corrected chi connectivity index (χ3v) is 12.6. The molecule has 1 heteroatoms. The molecule has 3 aliphatic carbocycles. The maximum atomic E-state index is 2.52. The predicted molar refractivity (Wildman–Crippen MR) is 225 cm³/mol. The van der Waals surface area contributed by atoms with Crippen molar-refractivity contribution in [3.63, 3.8) is 0 Å². The minimum atomic E-state index is -0.419. The SMILES string of the molecule is Cc1ccccc1-c1ccccc1N(c1ccc2c(c1)C(C)(C)c1ccccc1-2)c1ccc2c(c1)C1(c3ccccc3-c3ccccc31)c1ccccc1-2. The van der Waals surface area contributed by atoms with Crippen molar-refractivity contribution in [1.29, 1.82) is 0 Å². The fraction of sp³-hybridized carbons (Fsp3) is 0.0943. The second-order valence-corrected chi connectivity index (χ2v) is 15.7. The molecule has 1 spiro atoms. The van der Waals surface area contributed by atoms with Gasteiger partial charge in [-0.1, -0.05) is 166 Å². The highest BCUT2D eigenvalue weighted by atomic mass is 15.1. The Labute approximate surface area is 317 Å². The van der Waals surface area contributed by atoms with Crippen molar-refractivity contribution in [2.45, 2.75) is 31.6 Å². The molecule has 0 saturated heterocycles. The Hall–Kier alpha value is -6.44. The van der Waals surface area contributed by atoms with Gasteiger partial charge >= 0.3 is 0 Å². The number of aryl methyl sites for hydroxylation is 1. The van der Waals surface area contributed by atoms with Crippen molar-refractivity contribution in [3.8, 4) is 44.5 Å². The molecule has 0 unspecified atom stereocenters. The molecular formula is C53H39N. The summed E-state index contributed by atoms with van der Waals surface area (Å²) in [5.41, 5.74) is 22.8. The van der Waals surface area contributed by atoms with Crippen LogP contribution in [0.4, 0.5) is 17.1 Å². The molecule has 8 aromatic carbocycles. The highest BCUT2D eigenvalue weighted by Crippen LogP contribution is 2.63. The van der Waals surface area contributed by atoms with Crippen molar-refractivity contribution in [2.24, 2.45) is 0 Å². The largest absolute Gasteiger partial charge is 0.310 e. The second kappa shape index (κ2) is 11.3. The Kier molecular flexibility index (Phi) is 6.50. The lowest BCUT2D eigenvalue weighted by Gasteiger charge is -2.33. The van der Waals surface area contributed by atoms with Crippen LogP contribution in [0.25, 0.3) is 44.5 Å². The van der Waals surface area contributed by atoms with Crippen LogP contribution in [0.2, 0.25) is 0 Å². The van der Waals surface area contributed by atoms with E-state index in [2.05, 4.69) is 208 Å². The molecule has 0 radical (unpaired) electrons. The Morgan fingerprint density at radius 2 is 0.722 bits per heavy atom. The first-order valence-corrected chi connectivity index (χ1v) is 19.1. The zero-order chi connectivity index (χ0) is 36.2. The van der Waals surface area contributed by atoms with E-state index >= 15 is 0 Å². The molecule has 54 heavy (non-hydrogen) atoms. The summed E-state index contributed by atoms with van der Waals surface area (Å²) in [4.78, 5) is 2.52. The van der Waals surface area contributed by atoms with Crippen molar-refractivity contribution in [2.75, 3.05) is 4.90 Å². The standard InChI is InChI=1S/C53H39N/c1-34-16-4-5-17-37(34)44-22-10-15-27-51(44)54(35-28-30-42-38-18-6-11-23-45(38)52(2,3)49(42)32-35)36-29-31-43-41-21-9-14-26-48(41)53(50(43)33-36)46-24-12-7-19-39(46)40-20-8-13-25-47(40)53/h4-33H,1-3H3. The van der Waals surface area contributed by atoms with Gasteiger partial charge in [0.1, 0.15) is 0 Å². The molecule has 0 fully saturated rings. The monoisotopic (exact) mass is 689 g/mol. The van der Waals surface area contributed by atoms with Crippen LogP contribution in [0.5, 0.6) is 0 Å². The number of fused-ring (bicyclic) bond motifs is 13. The molecule has 0 amide bonds. The summed E-state index contributed by atoms with van der Waals surface area (Å²) in [6, 6.07) is 68.3. The highest BCUT2D eigenvalue weighted by molar-refractivity contribution is 5.97.